The number of benzene rings is 2. The number of ether oxygens (including phenoxy) is 3. The molecule has 2 aliphatic heterocycles. The maximum Gasteiger partial charge on any atom is 0.515 e. The van der Waals surface area contributed by atoms with Crippen LogP contribution in [0.5, 0.6) is 5.75 Å². The standard InChI is InChI=1S/C43H47N7O13/c1-3-25-26-18-24(12-13-30(26)48-36-27(25)20-50-33(36)19-29-28(39(50)56)21-61-40(57)43(29,60)4-2)63-42(59)62-22-46-37(54)31(11-8-16-45-41(44)58)49-38(55)32(17-23-9-6-5-7-10-23)47-34(51)14-15-35(52)53/h5-7,9-10,12-13,18-19,31-32,60H,3-4,8,11,14-17,20-22H2,1-2H3,(H,46,54)(H,47,51)(H,49,55)(H,52,53)(H3,44,45,58)/t31-,32-,43-/m0/s1. The molecule has 8 N–H and O–H groups in total. The average molecular weight is 870 g/mol. The highest BCUT2D eigenvalue weighted by atomic mass is 16.7. The number of urea groups is 1. The van der Waals surface area contributed by atoms with Gasteiger partial charge in [-0.1, -0.05) is 44.2 Å². The van der Waals surface area contributed by atoms with Crippen molar-refractivity contribution >= 4 is 52.7 Å². The van der Waals surface area contributed by atoms with Gasteiger partial charge in [-0.2, -0.15) is 0 Å². The molecule has 0 spiro atoms. The highest BCUT2D eigenvalue weighted by Gasteiger charge is 2.45. The van der Waals surface area contributed by atoms with Gasteiger partial charge in [-0.3, -0.25) is 24.0 Å². The second-order valence-corrected chi connectivity index (χ2v) is 14.9. The average Bonchev–Trinajstić information content (AvgIpc) is 3.62. The van der Waals surface area contributed by atoms with Crippen molar-refractivity contribution in [1.29, 1.82) is 0 Å². The number of hydrogen-bond donors (Lipinski definition) is 7. The van der Waals surface area contributed by atoms with E-state index in [-0.39, 0.29) is 68.7 Å². The van der Waals surface area contributed by atoms with Crippen LogP contribution in [0, 0.1) is 0 Å². The van der Waals surface area contributed by atoms with Crippen LogP contribution in [0.25, 0.3) is 22.3 Å². The lowest BCUT2D eigenvalue weighted by Gasteiger charge is -2.31. The molecule has 0 saturated carbocycles. The molecule has 0 fully saturated rings. The molecule has 63 heavy (non-hydrogen) atoms. The Morgan fingerprint density at radius 1 is 0.952 bits per heavy atom. The normalized spacial score (nSPS) is 15.7. The van der Waals surface area contributed by atoms with E-state index in [9.17, 15) is 43.5 Å². The highest BCUT2D eigenvalue weighted by Crippen LogP contribution is 2.40. The molecule has 0 unspecified atom stereocenters. The number of nitrogens with one attached hydrogen (secondary N) is 4. The minimum atomic E-state index is -1.97. The maximum absolute atomic E-state index is 13.7. The van der Waals surface area contributed by atoms with Gasteiger partial charge in [-0.25, -0.2) is 19.4 Å². The van der Waals surface area contributed by atoms with Gasteiger partial charge in [0, 0.05) is 35.9 Å². The van der Waals surface area contributed by atoms with Gasteiger partial charge in [-0.15, -0.1) is 0 Å². The quantitative estimate of drug-likeness (QED) is 0.0286. The fourth-order valence-corrected chi connectivity index (χ4v) is 7.63. The zero-order valence-corrected chi connectivity index (χ0v) is 34.5. The Labute approximate surface area is 359 Å². The van der Waals surface area contributed by atoms with E-state index < -0.39 is 78.2 Å². The molecule has 332 valence electrons. The van der Waals surface area contributed by atoms with Crippen LogP contribution in [0.3, 0.4) is 0 Å². The van der Waals surface area contributed by atoms with E-state index >= 15 is 0 Å². The van der Waals surface area contributed by atoms with Crippen molar-refractivity contribution in [2.45, 2.75) is 89.6 Å². The van der Waals surface area contributed by atoms with E-state index in [1.165, 1.54) is 10.6 Å². The Kier molecular flexibility index (Phi) is 14.0. The molecule has 0 bridgehead atoms. The predicted molar refractivity (Wildman–Crippen MR) is 222 cm³/mol. The Hall–Kier alpha value is -7.35. The number of aliphatic hydroxyl groups is 1. The molecule has 20 heteroatoms. The molecule has 0 saturated heterocycles. The smallest absolute Gasteiger partial charge is 0.481 e. The first-order chi connectivity index (χ1) is 30.1. The molecule has 2 aromatic carbocycles. The van der Waals surface area contributed by atoms with E-state index in [0.29, 0.717) is 34.3 Å². The van der Waals surface area contributed by atoms with Crippen molar-refractivity contribution in [3.63, 3.8) is 0 Å². The van der Waals surface area contributed by atoms with Crippen molar-refractivity contribution < 1.29 is 58.0 Å². The van der Waals surface area contributed by atoms with Crippen LogP contribution < -0.4 is 37.3 Å². The molecule has 6 rings (SSSR count). The third kappa shape index (κ3) is 10.2. The first-order valence-corrected chi connectivity index (χ1v) is 20.3. The van der Waals surface area contributed by atoms with E-state index in [2.05, 4.69) is 21.3 Å². The molecule has 3 atom stereocenters. The molecular formula is C43H47N7O13. The zero-order valence-electron chi connectivity index (χ0n) is 34.5. The number of carbonyl (C=O) groups excluding carboxylic acids is 6. The van der Waals surface area contributed by atoms with E-state index in [1.54, 1.807) is 55.5 Å². The monoisotopic (exact) mass is 869 g/mol. The summed E-state index contributed by atoms with van der Waals surface area (Å²) in [7, 11) is 0. The summed E-state index contributed by atoms with van der Waals surface area (Å²) in [6.45, 7) is 2.85. The first kappa shape index (κ1) is 45.2. The third-order valence-corrected chi connectivity index (χ3v) is 10.9. The molecule has 0 aliphatic carbocycles. The van der Waals surface area contributed by atoms with Crippen LogP contribution in [-0.2, 0) is 65.0 Å². The fraction of sp³-hybridized carbons (Fsp3) is 0.372. The number of esters is 1. The van der Waals surface area contributed by atoms with Crippen LogP contribution in [0.2, 0.25) is 0 Å². The summed E-state index contributed by atoms with van der Waals surface area (Å²) < 4.78 is 17.3. The number of hydrogen-bond acceptors (Lipinski definition) is 13. The first-order valence-electron chi connectivity index (χ1n) is 20.3. The van der Waals surface area contributed by atoms with Gasteiger partial charge in [0.1, 0.15) is 24.4 Å². The lowest BCUT2D eigenvalue weighted by atomic mass is 9.86. The van der Waals surface area contributed by atoms with Gasteiger partial charge in [0.05, 0.1) is 35.4 Å². The van der Waals surface area contributed by atoms with Gasteiger partial charge in [0.15, 0.2) is 12.3 Å². The van der Waals surface area contributed by atoms with Gasteiger partial charge in [0.2, 0.25) is 17.7 Å². The number of aliphatic carboxylic acids is 1. The minimum absolute atomic E-state index is 0.00567. The summed E-state index contributed by atoms with van der Waals surface area (Å²) in [6.07, 6.45) is -1.32. The lowest BCUT2D eigenvalue weighted by Crippen LogP contribution is -2.54. The van der Waals surface area contributed by atoms with E-state index in [0.717, 1.165) is 11.1 Å². The molecule has 5 amide bonds. The van der Waals surface area contributed by atoms with Gasteiger partial charge >= 0.3 is 24.1 Å². The Morgan fingerprint density at radius 3 is 2.41 bits per heavy atom. The Balaban J connectivity index is 1.13. The number of nitrogens with zero attached hydrogens (tertiary/aromatic N) is 2. The summed E-state index contributed by atoms with van der Waals surface area (Å²) in [5.41, 5.74) is 6.92. The largest absolute Gasteiger partial charge is 0.515 e. The lowest BCUT2D eigenvalue weighted by molar-refractivity contribution is -0.172. The fourth-order valence-electron chi connectivity index (χ4n) is 7.63. The summed E-state index contributed by atoms with van der Waals surface area (Å²) in [6, 6.07) is 11.8. The number of fused-ring (bicyclic) bond motifs is 5. The second kappa shape index (κ2) is 19.6. The maximum atomic E-state index is 13.7. The number of aromatic nitrogens is 2. The van der Waals surface area contributed by atoms with E-state index in [1.807, 2.05) is 6.92 Å². The van der Waals surface area contributed by atoms with Crippen LogP contribution in [0.1, 0.15) is 73.8 Å². The second-order valence-electron chi connectivity index (χ2n) is 14.9. The van der Waals surface area contributed by atoms with Crippen molar-refractivity contribution in [3.8, 4) is 17.1 Å². The van der Waals surface area contributed by atoms with Crippen LogP contribution in [-0.4, -0.2) is 87.0 Å². The number of aryl methyl sites for hydroxylation is 1. The topological polar surface area (TPSA) is 297 Å². The number of rotatable bonds is 18. The van der Waals surface area contributed by atoms with Crippen molar-refractivity contribution in [2.75, 3.05) is 13.3 Å². The van der Waals surface area contributed by atoms with Gasteiger partial charge < -0.3 is 56.0 Å². The highest BCUT2D eigenvalue weighted by molar-refractivity contribution is 5.93. The number of cyclic esters (lactones) is 1. The number of primary amides is 1. The molecule has 20 nitrogen and oxygen atoms in total. The van der Waals surface area contributed by atoms with Gasteiger partial charge in [0.25, 0.3) is 5.56 Å². The third-order valence-electron chi connectivity index (χ3n) is 10.9. The van der Waals surface area contributed by atoms with Crippen molar-refractivity contribution in [2.24, 2.45) is 5.73 Å². The number of nitrogens with two attached hydrogens (primary N) is 1. The van der Waals surface area contributed by atoms with Crippen LogP contribution in [0.4, 0.5) is 9.59 Å². The Bertz CT molecular complexity index is 2530. The molecule has 2 aromatic heterocycles. The SMILES string of the molecule is CCc1c2c(nc3ccc(OC(=O)OCNC(=O)[C@H](CCCNC(N)=O)NC(=O)[C@H](Cc4ccccc4)NC(=O)CCC(=O)O)cc13)-c1cc3c(c(=O)n1C2)COC(=O)[C@]3(O)CC. The zero-order chi connectivity index (χ0) is 45.4. The number of carboxylic acid groups (broad SMARTS) is 1. The molecule has 4 heterocycles. The molecule has 4 aromatic rings. The van der Waals surface area contributed by atoms with Crippen LogP contribution in [0.15, 0.2) is 59.4 Å². The Morgan fingerprint density at radius 2 is 1.71 bits per heavy atom. The number of carbonyl (C=O) groups is 7. The molecule has 2 aliphatic rings. The summed E-state index contributed by atoms with van der Waals surface area (Å²) in [5.74, 6) is -4.14. The van der Waals surface area contributed by atoms with Crippen molar-refractivity contribution in [3.05, 3.63) is 92.8 Å². The summed E-state index contributed by atoms with van der Waals surface area (Å²) in [5, 5.41) is 30.8. The number of pyridine rings is 2. The predicted octanol–water partition coefficient (Wildman–Crippen LogP) is 1.76. The summed E-state index contributed by atoms with van der Waals surface area (Å²) >= 11 is 0. The minimum Gasteiger partial charge on any atom is -0.481 e. The van der Waals surface area contributed by atoms with Crippen LogP contribution >= 0.6 is 0 Å². The van der Waals surface area contributed by atoms with Crippen molar-refractivity contribution in [1.82, 2.24) is 30.8 Å². The molecule has 0 radical (unpaired) electrons. The number of carboxylic acids is 1. The van der Waals surface area contributed by atoms with E-state index in [4.69, 9.17) is 30.0 Å². The number of amides is 5. The molecular weight excluding hydrogens is 823 g/mol. The van der Waals surface area contributed by atoms with Gasteiger partial charge in [-0.05, 0) is 61.1 Å². The summed E-state index contributed by atoms with van der Waals surface area (Å²) in [4.78, 5) is 106.